The first-order valence-electron chi connectivity index (χ1n) is 6.85. The van der Waals surface area contributed by atoms with Gasteiger partial charge in [0.05, 0.1) is 0 Å². The van der Waals surface area contributed by atoms with Gasteiger partial charge in [-0.25, -0.2) is 0 Å². The van der Waals surface area contributed by atoms with E-state index in [0.29, 0.717) is 17.5 Å². The van der Waals surface area contributed by atoms with E-state index in [1.807, 2.05) is 54.6 Å². The fourth-order valence-electron chi connectivity index (χ4n) is 2.43. The minimum Gasteiger partial charge on any atom is -0.327 e. The summed E-state index contributed by atoms with van der Waals surface area (Å²) in [4.78, 5) is 14.1. The van der Waals surface area contributed by atoms with Crippen molar-refractivity contribution in [3.63, 3.8) is 0 Å². The average Bonchev–Trinajstić information content (AvgIpc) is 3.24. The van der Waals surface area contributed by atoms with E-state index in [9.17, 15) is 4.79 Å². The maximum absolute atomic E-state index is 12.4. The number of amides is 1. The van der Waals surface area contributed by atoms with Crippen LogP contribution in [0.1, 0.15) is 28.3 Å². The fraction of sp³-hybridized carbons (Fsp3) is 0.235. The van der Waals surface area contributed by atoms with Crippen LogP contribution in [0.5, 0.6) is 0 Å². The van der Waals surface area contributed by atoms with Crippen molar-refractivity contribution >= 4 is 24.0 Å². The Balaban J connectivity index is 0.00000161. The number of nitrogens with two attached hydrogens (primary N) is 1. The molecule has 0 aliphatic heterocycles. The Bertz CT molecular complexity index is 612. The highest BCUT2D eigenvalue weighted by Gasteiger charge is 2.34. The van der Waals surface area contributed by atoms with Gasteiger partial charge in [-0.1, -0.05) is 30.3 Å². The Labute approximate surface area is 131 Å². The number of para-hydroxylation sites is 1. The molecule has 1 aliphatic rings. The predicted octanol–water partition coefficient (Wildman–Crippen LogP) is 3.20. The summed E-state index contributed by atoms with van der Waals surface area (Å²) in [6.45, 7) is 0. The van der Waals surface area contributed by atoms with Gasteiger partial charge in [-0.15, -0.1) is 12.4 Å². The molecule has 0 heterocycles. The summed E-state index contributed by atoms with van der Waals surface area (Å²) in [6, 6.07) is 17.8. The van der Waals surface area contributed by atoms with Crippen LogP contribution in [-0.2, 0) is 0 Å². The van der Waals surface area contributed by atoms with Gasteiger partial charge in [0.15, 0.2) is 0 Å². The second-order valence-electron chi connectivity index (χ2n) is 5.33. The molecule has 0 bridgehead atoms. The van der Waals surface area contributed by atoms with Crippen LogP contribution in [0.2, 0.25) is 0 Å². The number of hydrogen-bond acceptors (Lipinski definition) is 2. The van der Waals surface area contributed by atoms with Crippen molar-refractivity contribution < 1.29 is 4.79 Å². The van der Waals surface area contributed by atoms with Gasteiger partial charge in [-0.05, 0) is 36.2 Å². The third-order valence-corrected chi connectivity index (χ3v) is 3.87. The topological polar surface area (TPSA) is 46.3 Å². The Morgan fingerprint density at radius 2 is 1.67 bits per heavy atom. The average molecular weight is 303 g/mol. The van der Waals surface area contributed by atoms with Gasteiger partial charge in [-0.2, -0.15) is 0 Å². The molecule has 4 heteroatoms. The van der Waals surface area contributed by atoms with Crippen molar-refractivity contribution in [2.24, 2.45) is 5.73 Å². The Hall–Kier alpha value is -1.84. The van der Waals surface area contributed by atoms with Gasteiger partial charge < -0.3 is 10.6 Å². The van der Waals surface area contributed by atoms with E-state index in [4.69, 9.17) is 5.73 Å². The molecule has 0 unspecified atom stereocenters. The van der Waals surface area contributed by atoms with Crippen molar-refractivity contribution in [3.8, 4) is 0 Å². The molecule has 0 aromatic heterocycles. The highest BCUT2D eigenvalue weighted by atomic mass is 35.5. The number of benzene rings is 2. The van der Waals surface area contributed by atoms with E-state index in [0.717, 1.165) is 12.1 Å². The number of carbonyl (C=O) groups is 1. The molecular weight excluding hydrogens is 284 g/mol. The fourth-order valence-corrected chi connectivity index (χ4v) is 2.43. The second kappa shape index (κ2) is 6.29. The number of carbonyl (C=O) groups excluding carboxylic acids is 1. The lowest BCUT2D eigenvalue weighted by Gasteiger charge is -2.17. The first kappa shape index (κ1) is 15.5. The third kappa shape index (κ3) is 3.26. The zero-order chi connectivity index (χ0) is 14.1. The third-order valence-electron chi connectivity index (χ3n) is 3.87. The standard InChI is InChI=1S/C17H18N2O.ClH/c1-19(14-5-3-2-4-6-14)17(20)13-9-7-12(8-10-13)15-11-16(15)18;/h2-10,15-16H,11,18H2,1H3;1H/t15-,16+;/m0./s1. The molecule has 1 saturated carbocycles. The van der Waals surface area contributed by atoms with Gasteiger partial charge in [0, 0.05) is 30.3 Å². The van der Waals surface area contributed by atoms with Crippen LogP contribution in [0.15, 0.2) is 54.6 Å². The van der Waals surface area contributed by atoms with Crippen LogP contribution < -0.4 is 10.6 Å². The summed E-state index contributed by atoms with van der Waals surface area (Å²) >= 11 is 0. The lowest BCUT2D eigenvalue weighted by atomic mass is 10.1. The molecule has 3 rings (SSSR count). The van der Waals surface area contributed by atoms with E-state index in [1.165, 1.54) is 5.56 Å². The lowest BCUT2D eigenvalue weighted by molar-refractivity contribution is 0.0993. The Kier molecular flexibility index (Phi) is 4.66. The lowest BCUT2D eigenvalue weighted by Crippen LogP contribution is -2.26. The quantitative estimate of drug-likeness (QED) is 0.946. The first-order valence-corrected chi connectivity index (χ1v) is 6.85. The molecule has 2 aromatic carbocycles. The van der Waals surface area contributed by atoms with Gasteiger partial charge in [0.1, 0.15) is 0 Å². The molecule has 21 heavy (non-hydrogen) atoms. The molecule has 1 aliphatic carbocycles. The van der Waals surface area contributed by atoms with Crippen LogP contribution in [0, 0.1) is 0 Å². The molecule has 2 atom stereocenters. The van der Waals surface area contributed by atoms with E-state index in [2.05, 4.69) is 0 Å². The van der Waals surface area contributed by atoms with Gasteiger partial charge in [0.25, 0.3) is 5.91 Å². The SMILES string of the molecule is CN(C(=O)c1ccc([C@@H]2C[C@H]2N)cc1)c1ccccc1.Cl. The molecular formula is C17H19ClN2O. The molecule has 110 valence electrons. The molecule has 2 N–H and O–H groups in total. The largest absolute Gasteiger partial charge is 0.327 e. The maximum atomic E-state index is 12.4. The summed E-state index contributed by atoms with van der Waals surface area (Å²) in [5.74, 6) is 0.480. The predicted molar refractivity (Wildman–Crippen MR) is 88.2 cm³/mol. The Morgan fingerprint density at radius 1 is 1.10 bits per heavy atom. The summed E-state index contributed by atoms with van der Waals surface area (Å²) < 4.78 is 0. The Morgan fingerprint density at radius 3 is 2.19 bits per heavy atom. The van der Waals surface area contributed by atoms with Crippen molar-refractivity contribution in [2.75, 3.05) is 11.9 Å². The molecule has 0 spiro atoms. The van der Waals surface area contributed by atoms with Gasteiger partial charge in [0.2, 0.25) is 0 Å². The summed E-state index contributed by atoms with van der Waals surface area (Å²) in [5, 5.41) is 0. The number of hydrogen-bond donors (Lipinski definition) is 1. The molecule has 0 saturated heterocycles. The maximum Gasteiger partial charge on any atom is 0.258 e. The zero-order valence-electron chi connectivity index (χ0n) is 11.9. The van der Waals surface area contributed by atoms with Crippen LogP contribution in [-0.4, -0.2) is 19.0 Å². The molecule has 0 radical (unpaired) electrons. The summed E-state index contributed by atoms with van der Waals surface area (Å²) in [6.07, 6.45) is 1.05. The number of anilines is 1. The monoisotopic (exact) mass is 302 g/mol. The molecule has 1 fully saturated rings. The van der Waals surface area contributed by atoms with Crippen molar-refractivity contribution in [1.29, 1.82) is 0 Å². The van der Waals surface area contributed by atoms with Crippen LogP contribution >= 0.6 is 12.4 Å². The summed E-state index contributed by atoms with van der Waals surface area (Å²) in [7, 11) is 1.79. The van der Waals surface area contributed by atoms with E-state index >= 15 is 0 Å². The van der Waals surface area contributed by atoms with E-state index in [-0.39, 0.29) is 18.3 Å². The molecule has 3 nitrogen and oxygen atoms in total. The first-order chi connectivity index (χ1) is 9.66. The zero-order valence-corrected chi connectivity index (χ0v) is 12.7. The van der Waals surface area contributed by atoms with Crippen LogP contribution in [0.3, 0.4) is 0 Å². The summed E-state index contributed by atoms with van der Waals surface area (Å²) in [5.41, 5.74) is 8.68. The van der Waals surface area contributed by atoms with Gasteiger partial charge >= 0.3 is 0 Å². The minimum atomic E-state index is 0. The number of halogens is 1. The smallest absolute Gasteiger partial charge is 0.258 e. The van der Waals surface area contributed by atoms with Crippen molar-refractivity contribution in [3.05, 3.63) is 65.7 Å². The van der Waals surface area contributed by atoms with Crippen molar-refractivity contribution in [2.45, 2.75) is 18.4 Å². The molecule has 2 aromatic rings. The van der Waals surface area contributed by atoms with Gasteiger partial charge in [-0.3, -0.25) is 4.79 Å². The minimum absolute atomic E-state index is 0. The second-order valence-corrected chi connectivity index (χ2v) is 5.33. The van der Waals surface area contributed by atoms with Crippen molar-refractivity contribution in [1.82, 2.24) is 0 Å². The molecule has 1 amide bonds. The highest BCUT2D eigenvalue weighted by Crippen LogP contribution is 2.38. The number of rotatable bonds is 3. The normalized spacial score (nSPS) is 19.5. The van der Waals surface area contributed by atoms with Crippen LogP contribution in [0.25, 0.3) is 0 Å². The number of nitrogens with zero attached hydrogens (tertiary/aromatic N) is 1. The van der Waals surface area contributed by atoms with E-state index in [1.54, 1.807) is 11.9 Å². The highest BCUT2D eigenvalue weighted by molar-refractivity contribution is 6.05. The van der Waals surface area contributed by atoms with E-state index < -0.39 is 0 Å². The van der Waals surface area contributed by atoms with Crippen LogP contribution in [0.4, 0.5) is 5.69 Å².